The predicted octanol–water partition coefficient (Wildman–Crippen LogP) is 3.01. The number of nitrogens with one attached hydrogen (secondary N) is 2. The van der Waals surface area contributed by atoms with Gasteiger partial charge >= 0.3 is 11.9 Å². The lowest BCUT2D eigenvalue weighted by Crippen LogP contribution is -2.53. The van der Waals surface area contributed by atoms with Crippen LogP contribution in [0.4, 0.5) is 0 Å². The molecular formula is C29H32N2O6. The Morgan fingerprint density at radius 2 is 1.27 bits per heavy atom. The average Bonchev–Trinajstić information content (AvgIpc) is 2.92. The van der Waals surface area contributed by atoms with E-state index >= 15 is 0 Å². The maximum Gasteiger partial charge on any atom is 0.321 e. The van der Waals surface area contributed by atoms with Crippen molar-refractivity contribution >= 4 is 17.8 Å². The summed E-state index contributed by atoms with van der Waals surface area (Å²) in [6, 6.07) is 26.0. The summed E-state index contributed by atoms with van der Waals surface area (Å²) in [7, 11) is 0. The number of carbonyl (C=O) groups is 3. The zero-order valence-corrected chi connectivity index (χ0v) is 20.5. The predicted molar refractivity (Wildman–Crippen MR) is 139 cm³/mol. The minimum absolute atomic E-state index is 0.0124. The number of esters is 1. The minimum Gasteiger partial charge on any atom is -0.490 e. The summed E-state index contributed by atoms with van der Waals surface area (Å²) < 4.78 is 10.6. The number of rotatable bonds is 15. The first-order chi connectivity index (χ1) is 18.0. The highest BCUT2D eigenvalue weighted by Crippen LogP contribution is 2.09. The fraction of sp³-hybridized carbons (Fsp3) is 0.276. The van der Waals surface area contributed by atoms with E-state index in [-0.39, 0.29) is 38.5 Å². The lowest BCUT2D eigenvalue weighted by atomic mass is 10.0. The molecule has 0 aliphatic heterocycles. The number of hydrogen-bond donors (Lipinski definition) is 3. The number of carbonyl (C=O) groups excluding carboxylic acids is 2. The van der Waals surface area contributed by atoms with Crippen LogP contribution in [0.15, 0.2) is 91.0 Å². The maximum absolute atomic E-state index is 13.0. The van der Waals surface area contributed by atoms with Gasteiger partial charge in [0, 0.05) is 6.54 Å². The number of carboxylic acids is 1. The molecule has 37 heavy (non-hydrogen) atoms. The minimum atomic E-state index is -1.05. The first-order valence-corrected chi connectivity index (χ1v) is 12.2. The van der Waals surface area contributed by atoms with Gasteiger partial charge in [0.1, 0.15) is 25.0 Å². The van der Waals surface area contributed by atoms with Gasteiger partial charge < -0.3 is 19.9 Å². The number of hydrogen-bond acceptors (Lipinski definition) is 6. The molecule has 0 radical (unpaired) electrons. The Morgan fingerprint density at radius 3 is 1.84 bits per heavy atom. The molecule has 8 nitrogen and oxygen atoms in total. The molecule has 0 heterocycles. The molecule has 0 saturated heterocycles. The Balaban J connectivity index is 1.50. The lowest BCUT2D eigenvalue weighted by molar-refractivity contribution is -0.144. The fourth-order valence-corrected chi connectivity index (χ4v) is 3.70. The van der Waals surface area contributed by atoms with Crippen molar-refractivity contribution in [3.8, 4) is 5.75 Å². The van der Waals surface area contributed by atoms with E-state index in [0.717, 1.165) is 11.1 Å². The third-order valence-corrected chi connectivity index (χ3v) is 5.57. The molecule has 0 fully saturated rings. The van der Waals surface area contributed by atoms with E-state index in [1.807, 2.05) is 91.0 Å². The SMILES string of the molecule is O=C(CCNC(=O)[C@H](Cc1ccccc1)NC(Cc1ccccc1)C(=O)O)OCCOc1ccccc1. The number of carboxylic acid groups (broad SMARTS) is 1. The van der Waals surface area contributed by atoms with Gasteiger partial charge in [-0.2, -0.15) is 0 Å². The molecule has 3 N–H and O–H groups in total. The van der Waals surface area contributed by atoms with Crippen molar-refractivity contribution in [1.29, 1.82) is 0 Å². The van der Waals surface area contributed by atoms with E-state index in [9.17, 15) is 19.5 Å². The number of benzene rings is 3. The molecule has 0 spiro atoms. The highest BCUT2D eigenvalue weighted by atomic mass is 16.6. The van der Waals surface area contributed by atoms with E-state index in [0.29, 0.717) is 12.2 Å². The highest BCUT2D eigenvalue weighted by Gasteiger charge is 2.26. The van der Waals surface area contributed by atoms with Crippen LogP contribution in [0.2, 0.25) is 0 Å². The van der Waals surface area contributed by atoms with Gasteiger partial charge in [0.15, 0.2) is 0 Å². The molecular weight excluding hydrogens is 472 g/mol. The monoisotopic (exact) mass is 504 g/mol. The van der Waals surface area contributed by atoms with Crippen LogP contribution < -0.4 is 15.4 Å². The largest absolute Gasteiger partial charge is 0.490 e. The van der Waals surface area contributed by atoms with Gasteiger partial charge in [0.25, 0.3) is 0 Å². The second-order valence-electron chi connectivity index (χ2n) is 8.41. The van der Waals surface area contributed by atoms with E-state index in [1.165, 1.54) is 0 Å². The van der Waals surface area contributed by atoms with Gasteiger partial charge in [-0.1, -0.05) is 78.9 Å². The molecule has 1 amide bonds. The van der Waals surface area contributed by atoms with Crippen LogP contribution in [0, 0.1) is 0 Å². The van der Waals surface area contributed by atoms with Crippen LogP contribution in [0.3, 0.4) is 0 Å². The summed E-state index contributed by atoms with van der Waals surface area (Å²) in [6.45, 7) is 0.392. The van der Waals surface area contributed by atoms with Gasteiger partial charge in [0.05, 0.1) is 12.5 Å². The van der Waals surface area contributed by atoms with E-state index < -0.39 is 24.0 Å². The maximum atomic E-state index is 13.0. The van der Waals surface area contributed by atoms with Crippen LogP contribution >= 0.6 is 0 Å². The topological polar surface area (TPSA) is 114 Å². The van der Waals surface area contributed by atoms with Crippen molar-refractivity contribution < 1.29 is 29.0 Å². The smallest absolute Gasteiger partial charge is 0.321 e. The highest BCUT2D eigenvalue weighted by molar-refractivity contribution is 5.84. The summed E-state index contributed by atoms with van der Waals surface area (Å²) >= 11 is 0. The number of para-hydroxylation sites is 1. The molecule has 0 saturated carbocycles. The molecule has 0 aliphatic carbocycles. The molecule has 2 atom stereocenters. The van der Waals surface area contributed by atoms with Crippen molar-refractivity contribution in [2.75, 3.05) is 19.8 Å². The molecule has 194 valence electrons. The molecule has 0 aromatic heterocycles. The third-order valence-electron chi connectivity index (χ3n) is 5.57. The van der Waals surface area contributed by atoms with Gasteiger partial charge in [-0.25, -0.2) is 0 Å². The summed E-state index contributed by atoms with van der Waals surface area (Å²) in [6.07, 6.45) is 0.514. The van der Waals surface area contributed by atoms with Gasteiger partial charge in [0.2, 0.25) is 5.91 Å². The summed E-state index contributed by atoms with van der Waals surface area (Å²) in [5.74, 6) is -1.20. The molecule has 0 bridgehead atoms. The molecule has 8 heteroatoms. The standard InChI is InChI=1S/C29H32N2O6/c32-27(37-19-18-36-24-14-8-3-9-15-24)16-17-30-28(33)25(20-22-10-4-1-5-11-22)31-26(29(34)35)21-23-12-6-2-7-13-23/h1-15,25-26,31H,16-21H2,(H,30,33)(H,34,35)/t25-,26?/m0/s1. The second-order valence-corrected chi connectivity index (χ2v) is 8.41. The summed E-state index contributed by atoms with van der Waals surface area (Å²) in [5.41, 5.74) is 1.73. The third kappa shape index (κ3) is 10.1. The van der Waals surface area contributed by atoms with Crippen molar-refractivity contribution in [3.63, 3.8) is 0 Å². The number of ether oxygens (including phenoxy) is 2. The lowest BCUT2D eigenvalue weighted by Gasteiger charge is -2.23. The van der Waals surface area contributed by atoms with Crippen molar-refractivity contribution in [2.45, 2.75) is 31.3 Å². The first-order valence-electron chi connectivity index (χ1n) is 12.2. The normalized spacial score (nSPS) is 12.2. The number of amides is 1. The second kappa shape index (κ2) is 15.1. The zero-order chi connectivity index (χ0) is 26.3. The Morgan fingerprint density at radius 1 is 0.730 bits per heavy atom. The molecule has 3 aromatic carbocycles. The van der Waals surface area contributed by atoms with Crippen LogP contribution in [-0.2, 0) is 32.0 Å². The fourth-order valence-electron chi connectivity index (χ4n) is 3.70. The van der Waals surface area contributed by atoms with Crippen LogP contribution in [0.25, 0.3) is 0 Å². The molecule has 0 aliphatic rings. The Bertz CT molecular complexity index is 1110. The summed E-state index contributed by atoms with van der Waals surface area (Å²) in [4.78, 5) is 37.0. The Kier molecular flexibility index (Phi) is 11.2. The quantitative estimate of drug-likeness (QED) is 0.215. The van der Waals surface area contributed by atoms with E-state index in [2.05, 4.69) is 10.6 Å². The van der Waals surface area contributed by atoms with Crippen molar-refractivity contribution in [1.82, 2.24) is 10.6 Å². The first kappa shape index (κ1) is 27.4. The zero-order valence-electron chi connectivity index (χ0n) is 20.5. The molecule has 1 unspecified atom stereocenters. The molecule has 3 rings (SSSR count). The van der Waals surface area contributed by atoms with E-state index in [4.69, 9.17) is 9.47 Å². The van der Waals surface area contributed by atoms with Crippen LogP contribution in [-0.4, -0.2) is 54.8 Å². The van der Waals surface area contributed by atoms with Crippen LogP contribution in [0.1, 0.15) is 17.5 Å². The Labute approximate surface area is 216 Å². The molecule has 3 aromatic rings. The van der Waals surface area contributed by atoms with Gasteiger partial charge in [-0.3, -0.25) is 19.7 Å². The summed E-state index contributed by atoms with van der Waals surface area (Å²) in [5, 5.41) is 15.5. The van der Waals surface area contributed by atoms with Crippen LogP contribution in [0.5, 0.6) is 5.75 Å². The average molecular weight is 505 g/mol. The van der Waals surface area contributed by atoms with Crippen molar-refractivity contribution in [3.05, 3.63) is 102 Å². The van der Waals surface area contributed by atoms with E-state index in [1.54, 1.807) is 0 Å². The van der Waals surface area contributed by atoms with Gasteiger partial charge in [-0.15, -0.1) is 0 Å². The van der Waals surface area contributed by atoms with Gasteiger partial charge in [-0.05, 0) is 36.1 Å². The Hall–Kier alpha value is -4.17. The van der Waals surface area contributed by atoms with Crippen molar-refractivity contribution in [2.24, 2.45) is 0 Å². The number of aliphatic carboxylic acids is 1.